The van der Waals surface area contributed by atoms with Crippen molar-refractivity contribution in [3.8, 4) is 0 Å². The molecule has 1 heterocycles. The van der Waals surface area contributed by atoms with E-state index in [4.69, 9.17) is 5.73 Å². The van der Waals surface area contributed by atoms with E-state index < -0.39 is 0 Å². The summed E-state index contributed by atoms with van der Waals surface area (Å²) in [5.74, 6) is 0.154. The van der Waals surface area contributed by atoms with Gasteiger partial charge in [-0.05, 0) is 23.8 Å². The Labute approximate surface area is 122 Å². The Hall–Kier alpha value is -1.13. The minimum absolute atomic E-state index is 0.0468. The molecule has 2 rings (SSSR count). The maximum absolute atomic E-state index is 5.94. The number of rotatable bonds is 3. The van der Waals surface area contributed by atoms with Crippen LogP contribution in [0, 0.1) is 0 Å². The fourth-order valence-corrected chi connectivity index (χ4v) is 2.48. The van der Waals surface area contributed by atoms with Crippen LogP contribution in [-0.2, 0) is 5.41 Å². The van der Waals surface area contributed by atoms with Crippen LogP contribution < -0.4 is 5.73 Å². The predicted octanol–water partition coefficient (Wildman–Crippen LogP) is 3.56. The zero-order valence-electron chi connectivity index (χ0n) is 11.6. The summed E-state index contributed by atoms with van der Waals surface area (Å²) in [7, 11) is 0. The summed E-state index contributed by atoms with van der Waals surface area (Å²) in [6, 6.07) is 10.4. The van der Waals surface area contributed by atoms with Gasteiger partial charge >= 0.3 is 0 Å². The van der Waals surface area contributed by atoms with Crippen molar-refractivity contribution < 1.29 is 0 Å². The molecule has 0 bridgehead atoms. The van der Waals surface area contributed by atoms with E-state index in [0.717, 1.165) is 15.9 Å². The molecule has 0 aliphatic heterocycles. The highest BCUT2D eigenvalue weighted by Crippen LogP contribution is 2.28. The first-order valence-electron chi connectivity index (χ1n) is 6.43. The molecular formula is C15H20BrN3. The summed E-state index contributed by atoms with van der Waals surface area (Å²) in [6.45, 7) is 7.03. The third-order valence-corrected chi connectivity index (χ3v) is 3.72. The quantitative estimate of drug-likeness (QED) is 0.908. The van der Waals surface area contributed by atoms with Gasteiger partial charge in [0.2, 0.25) is 0 Å². The summed E-state index contributed by atoms with van der Waals surface area (Å²) in [6.07, 6.45) is 0. The average Bonchev–Trinajstić information content (AvgIpc) is 2.79. The van der Waals surface area contributed by atoms with Gasteiger partial charge in [0, 0.05) is 28.0 Å². The number of nitrogens with one attached hydrogen (secondary N) is 1. The molecule has 0 amide bonds. The fourth-order valence-electron chi connectivity index (χ4n) is 2.07. The SMILES string of the molecule is CC(C)(C)c1cc(C(CN)c2cccc(Br)c2)[nH]n1. The van der Waals surface area contributed by atoms with E-state index in [1.165, 1.54) is 5.56 Å². The first-order valence-corrected chi connectivity index (χ1v) is 7.22. The number of nitrogens with two attached hydrogens (primary N) is 1. The maximum atomic E-state index is 5.94. The number of aromatic nitrogens is 2. The van der Waals surface area contributed by atoms with Crippen molar-refractivity contribution in [3.63, 3.8) is 0 Å². The Morgan fingerprint density at radius 3 is 2.58 bits per heavy atom. The van der Waals surface area contributed by atoms with Crippen LogP contribution >= 0.6 is 15.9 Å². The van der Waals surface area contributed by atoms with Crippen LogP contribution in [0.1, 0.15) is 43.6 Å². The highest BCUT2D eigenvalue weighted by molar-refractivity contribution is 9.10. The topological polar surface area (TPSA) is 54.7 Å². The van der Waals surface area contributed by atoms with Crippen LogP contribution in [0.2, 0.25) is 0 Å². The van der Waals surface area contributed by atoms with Gasteiger partial charge < -0.3 is 5.73 Å². The van der Waals surface area contributed by atoms with Crippen molar-refractivity contribution in [2.24, 2.45) is 5.73 Å². The molecule has 0 fully saturated rings. The second kappa shape index (κ2) is 5.47. The normalized spacial score (nSPS) is 13.5. The van der Waals surface area contributed by atoms with Crippen molar-refractivity contribution in [1.29, 1.82) is 0 Å². The smallest absolute Gasteiger partial charge is 0.0678 e. The maximum Gasteiger partial charge on any atom is 0.0678 e. The van der Waals surface area contributed by atoms with E-state index in [1.54, 1.807) is 0 Å². The minimum atomic E-state index is 0.0468. The summed E-state index contributed by atoms with van der Waals surface area (Å²) < 4.78 is 1.07. The van der Waals surface area contributed by atoms with Gasteiger partial charge in [-0.1, -0.05) is 48.8 Å². The molecule has 1 atom stereocenters. The number of halogens is 1. The number of H-pyrrole nitrogens is 1. The van der Waals surface area contributed by atoms with Crippen LogP contribution in [0.4, 0.5) is 0 Å². The number of nitrogens with zero attached hydrogens (tertiary/aromatic N) is 1. The number of hydrogen-bond donors (Lipinski definition) is 2. The number of hydrogen-bond acceptors (Lipinski definition) is 2. The van der Waals surface area contributed by atoms with Crippen LogP contribution in [0.15, 0.2) is 34.8 Å². The molecule has 1 aromatic heterocycles. The first-order chi connectivity index (χ1) is 8.91. The summed E-state index contributed by atoms with van der Waals surface area (Å²) in [4.78, 5) is 0. The zero-order valence-corrected chi connectivity index (χ0v) is 13.2. The molecule has 2 aromatic rings. The molecule has 0 saturated carbocycles. The van der Waals surface area contributed by atoms with Crippen molar-refractivity contribution in [1.82, 2.24) is 10.2 Å². The largest absolute Gasteiger partial charge is 0.329 e. The lowest BCUT2D eigenvalue weighted by atomic mass is 9.90. The van der Waals surface area contributed by atoms with Crippen LogP contribution in [0.25, 0.3) is 0 Å². The summed E-state index contributed by atoms with van der Waals surface area (Å²) >= 11 is 3.50. The minimum Gasteiger partial charge on any atom is -0.329 e. The monoisotopic (exact) mass is 321 g/mol. The molecule has 102 valence electrons. The fraction of sp³-hybridized carbons (Fsp3) is 0.400. The Morgan fingerprint density at radius 2 is 2.05 bits per heavy atom. The Morgan fingerprint density at radius 1 is 1.32 bits per heavy atom. The molecule has 0 aliphatic carbocycles. The molecular weight excluding hydrogens is 302 g/mol. The number of aromatic amines is 1. The second-order valence-electron chi connectivity index (χ2n) is 5.80. The van der Waals surface area contributed by atoms with Crippen molar-refractivity contribution >= 4 is 15.9 Å². The van der Waals surface area contributed by atoms with E-state index in [1.807, 2.05) is 12.1 Å². The third-order valence-electron chi connectivity index (χ3n) is 3.23. The first kappa shape index (κ1) is 14.3. The molecule has 19 heavy (non-hydrogen) atoms. The van der Waals surface area contributed by atoms with E-state index in [9.17, 15) is 0 Å². The highest BCUT2D eigenvalue weighted by atomic mass is 79.9. The Balaban J connectivity index is 2.35. The molecule has 0 saturated heterocycles. The summed E-state index contributed by atoms with van der Waals surface area (Å²) in [5, 5.41) is 7.55. The van der Waals surface area contributed by atoms with Crippen LogP contribution in [-0.4, -0.2) is 16.7 Å². The lowest BCUT2D eigenvalue weighted by Gasteiger charge is -2.15. The van der Waals surface area contributed by atoms with Gasteiger partial charge in [-0.25, -0.2) is 0 Å². The zero-order chi connectivity index (χ0) is 14.0. The molecule has 1 aromatic carbocycles. The van der Waals surface area contributed by atoms with Gasteiger partial charge in [-0.15, -0.1) is 0 Å². The molecule has 0 aliphatic rings. The van der Waals surface area contributed by atoms with Crippen LogP contribution in [0.3, 0.4) is 0 Å². The molecule has 3 N–H and O–H groups in total. The van der Waals surface area contributed by atoms with E-state index >= 15 is 0 Å². The van der Waals surface area contributed by atoms with Crippen molar-refractivity contribution in [2.75, 3.05) is 6.54 Å². The van der Waals surface area contributed by atoms with E-state index in [-0.39, 0.29) is 11.3 Å². The van der Waals surface area contributed by atoms with E-state index in [2.05, 4.69) is 65.1 Å². The predicted molar refractivity (Wildman–Crippen MR) is 82.3 cm³/mol. The Kier molecular flexibility index (Phi) is 4.11. The molecule has 1 unspecified atom stereocenters. The summed E-state index contributed by atoms with van der Waals surface area (Å²) in [5.41, 5.74) is 9.32. The van der Waals surface area contributed by atoms with Gasteiger partial charge in [0.15, 0.2) is 0 Å². The molecule has 4 heteroatoms. The van der Waals surface area contributed by atoms with Gasteiger partial charge in [-0.2, -0.15) is 5.10 Å². The number of benzene rings is 1. The molecule has 0 radical (unpaired) electrons. The Bertz CT molecular complexity index is 555. The highest BCUT2D eigenvalue weighted by Gasteiger charge is 2.21. The van der Waals surface area contributed by atoms with Gasteiger partial charge in [0.25, 0.3) is 0 Å². The average molecular weight is 322 g/mol. The van der Waals surface area contributed by atoms with Gasteiger partial charge in [0.1, 0.15) is 0 Å². The lowest BCUT2D eigenvalue weighted by Crippen LogP contribution is -2.14. The molecule has 0 spiro atoms. The lowest BCUT2D eigenvalue weighted by molar-refractivity contribution is 0.567. The van der Waals surface area contributed by atoms with Crippen molar-refractivity contribution in [3.05, 3.63) is 51.8 Å². The second-order valence-corrected chi connectivity index (χ2v) is 6.72. The van der Waals surface area contributed by atoms with Gasteiger partial charge in [-0.3, -0.25) is 5.10 Å². The molecule has 3 nitrogen and oxygen atoms in total. The third kappa shape index (κ3) is 3.25. The van der Waals surface area contributed by atoms with E-state index in [0.29, 0.717) is 6.54 Å². The van der Waals surface area contributed by atoms with Gasteiger partial charge in [0.05, 0.1) is 5.69 Å². The van der Waals surface area contributed by atoms with Crippen molar-refractivity contribution in [2.45, 2.75) is 32.1 Å². The standard InChI is InChI=1S/C15H20BrN3/c1-15(2,3)14-8-13(18-19-14)12(9-17)10-5-4-6-11(16)7-10/h4-8,12H,9,17H2,1-3H3,(H,18,19). The van der Waals surface area contributed by atoms with Crippen LogP contribution in [0.5, 0.6) is 0 Å².